The average Bonchev–Trinajstić information content (AvgIpc) is 1.83. The van der Waals surface area contributed by atoms with Crippen LogP contribution in [0.15, 0.2) is 35.4 Å². The van der Waals surface area contributed by atoms with Crippen molar-refractivity contribution in [3.63, 3.8) is 0 Å². The van der Waals surface area contributed by atoms with Gasteiger partial charge < -0.3 is 0 Å². The summed E-state index contributed by atoms with van der Waals surface area (Å²) in [6, 6.07) is 0. The quantitative estimate of drug-likeness (QED) is 0.520. The Bertz CT molecular complexity index is 152. The zero-order valence-electron chi connectivity index (χ0n) is 5.82. The van der Waals surface area contributed by atoms with Crippen molar-refractivity contribution in [1.82, 2.24) is 0 Å². The molecule has 0 aromatic heterocycles. The molecule has 0 nitrogen and oxygen atoms in total. The van der Waals surface area contributed by atoms with E-state index in [0.29, 0.717) is 0 Å². The molecular weight excluding hydrogens is 132 g/mol. The molecule has 0 aromatic rings. The van der Waals surface area contributed by atoms with Gasteiger partial charge in [-0.05, 0) is 19.9 Å². The third-order valence-corrected chi connectivity index (χ3v) is 1.15. The van der Waals surface area contributed by atoms with E-state index in [-0.39, 0.29) is 0 Å². The monoisotopic (exact) mass is 142 g/mol. The summed E-state index contributed by atoms with van der Waals surface area (Å²) in [7, 11) is 0. The Labute approximate surface area is 61.5 Å². The van der Waals surface area contributed by atoms with Gasteiger partial charge in [0.1, 0.15) is 0 Å². The molecule has 0 radical (unpaired) electrons. The van der Waals surface area contributed by atoms with Crippen LogP contribution in [0.5, 0.6) is 0 Å². The third kappa shape index (κ3) is 5.38. The van der Waals surface area contributed by atoms with Crippen molar-refractivity contribution in [2.24, 2.45) is 0 Å². The maximum absolute atomic E-state index is 5.64. The lowest BCUT2D eigenvalue weighted by Crippen LogP contribution is -1.62. The van der Waals surface area contributed by atoms with Crippen molar-refractivity contribution in [3.05, 3.63) is 35.4 Å². The molecule has 0 saturated carbocycles. The minimum absolute atomic E-state index is 0.748. The molecule has 9 heavy (non-hydrogen) atoms. The van der Waals surface area contributed by atoms with Crippen LogP contribution in [-0.2, 0) is 0 Å². The first-order chi connectivity index (χ1) is 4.16. The summed E-state index contributed by atoms with van der Waals surface area (Å²) in [4.78, 5) is 0. The van der Waals surface area contributed by atoms with Gasteiger partial charge in [-0.2, -0.15) is 0 Å². The zero-order chi connectivity index (χ0) is 7.28. The fraction of sp³-hybridized carbons (Fsp3) is 0.250. The van der Waals surface area contributed by atoms with Crippen molar-refractivity contribution < 1.29 is 0 Å². The number of halogens is 1. The highest BCUT2D eigenvalue weighted by Crippen LogP contribution is 2.03. The van der Waals surface area contributed by atoms with Gasteiger partial charge in [-0.15, -0.1) is 0 Å². The minimum Gasteiger partial charge on any atom is -0.0961 e. The maximum atomic E-state index is 5.64. The topological polar surface area (TPSA) is 0 Å². The highest BCUT2D eigenvalue weighted by atomic mass is 35.5. The van der Waals surface area contributed by atoms with Crippen molar-refractivity contribution in [3.8, 4) is 0 Å². The van der Waals surface area contributed by atoms with E-state index in [0.717, 1.165) is 10.6 Å². The van der Waals surface area contributed by atoms with Gasteiger partial charge in [-0.1, -0.05) is 35.9 Å². The lowest BCUT2D eigenvalue weighted by atomic mass is 10.3. The number of hydrogen-bond acceptors (Lipinski definition) is 0. The fourth-order valence-electron chi connectivity index (χ4n) is 0.318. The van der Waals surface area contributed by atoms with Gasteiger partial charge in [0.25, 0.3) is 0 Å². The molecular formula is C8H11Cl. The van der Waals surface area contributed by atoms with Crippen LogP contribution in [0.4, 0.5) is 0 Å². The Morgan fingerprint density at radius 1 is 1.44 bits per heavy atom. The summed E-state index contributed by atoms with van der Waals surface area (Å²) in [5.74, 6) is 0. The van der Waals surface area contributed by atoms with Crippen LogP contribution < -0.4 is 0 Å². The molecule has 50 valence electrons. The van der Waals surface area contributed by atoms with Crippen LogP contribution in [0.2, 0.25) is 0 Å². The van der Waals surface area contributed by atoms with Crippen molar-refractivity contribution in [2.75, 3.05) is 0 Å². The van der Waals surface area contributed by atoms with E-state index in [9.17, 15) is 0 Å². The largest absolute Gasteiger partial charge is 0.0961 e. The molecule has 0 atom stereocenters. The molecule has 0 fully saturated rings. The fourth-order valence-corrected chi connectivity index (χ4v) is 0.381. The molecule has 0 unspecified atom stereocenters. The molecule has 0 amide bonds. The van der Waals surface area contributed by atoms with E-state index < -0.39 is 0 Å². The lowest BCUT2D eigenvalue weighted by molar-refractivity contribution is 1.55. The van der Waals surface area contributed by atoms with Crippen LogP contribution in [0.25, 0.3) is 0 Å². The first-order valence-electron chi connectivity index (χ1n) is 2.82. The van der Waals surface area contributed by atoms with Crippen LogP contribution >= 0.6 is 11.6 Å². The number of rotatable bonds is 2. The van der Waals surface area contributed by atoms with Gasteiger partial charge in [0, 0.05) is 5.03 Å². The highest BCUT2D eigenvalue weighted by Gasteiger charge is 1.78. The Kier molecular flexibility index (Phi) is 4.16. The second-order valence-corrected chi connectivity index (χ2v) is 2.29. The molecule has 0 heterocycles. The van der Waals surface area contributed by atoms with E-state index in [2.05, 4.69) is 6.58 Å². The minimum atomic E-state index is 0.748. The Morgan fingerprint density at radius 3 is 2.33 bits per heavy atom. The summed E-state index contributed by atoms with van der Waals surface area (Å²) in [5, 5.41) is 0.748. The van der Waals surface area contributed by atoms with Crippen molar-refractivity contribution in [2.45, 2.75) is 13.8 Å². The number of hydrogen-bond donors (Lipinski definition) is 0. The van der Waals surface area contributed by atoms with Gasteiger partial charge in [0.2, 0.25) is 0 Å². The van der Waals surface area contributed by atoms with Crippen LogP contribution in [0.3, 0.4) is 0 Å². The maximum Gasteiger partial charge on any atom is 0.0363 e. The van der Waals surface area contributed by atoms with Crippen LogP contribution in [0.1, 0.15) is 13.8 Å². The molecule has 0 N–H and O–H groups in total. The van der Waals surface area contributed by atoms with Crippen molar-refractivity contribution in [1.29, 1.82) is 0 Å². The smallest absolute Gasteiger partial charge is 0.0363 e. The summed E-state index contributed by atoms with van der Waals surface area (Å²) < 4.78 is 0. The predicted molar refractivity (Wildman–Crippen MR) is 43.6 cm³/mol. The normalized spacial score (nSPS) is 12.6. The van der Waals surface area contributed by atoms with E-state index in [1.54, 1.807) is 0 Å². The molecule has 0 bridgehead atoms. The van der Waals surface area contributed by atoms with Gasteiger partial charge in [-0.3, -0.25) is 0 Å². The second kappa shape index (κ2) is 4.39. The van der Waals surface area contributed by atoms with E-state index in [1.165, 1.54) is 0 Å². The molecule has 0 aliphatic heterocycles. The van der Waals surface area contributed by atoms with Gasteiger partial charge in [0.15, 0.2) is 0 Å². The molecule has 0 rings (SSSR count). The highest BCUT2D eigenvalue weighted by molar-refractivity contribution is 6.31. The van der Waals surface area contributed by atoms with Gasteiger partial charge in [0.05, 0.1) is 0 Å². The SMILES string of the molecule is C=C(C)C=CC(Cl)=CC. The molecule has 0 aliphatic rings. The van der Waals surface area contributed by atoms with Crippen LogP contribution in [0, 0.1) is 0 Å². The molecule has 0 saturated heterocycles. The first-order valence-corrected chi connectivity index (χ1v) is 3.20. The van der Waals surface area contributed by atoms with E-state index in [4.69, 9.17) is 11.6 Å². The zero-order valence-corrected chi connectivity index (χ0v) is 6.57. The molecule has 0 aromatic carbocycles. The van der Waals surface area contributed by atoms with E-state index >= 15 is 0 Å². The second-order valence-electron chi connectivity index (χ2n) is 1.85. The standard InChI is InChI=1S/C8H11Cl/c1-4-8(9)6-5-7(2)3/h4-6H,2H2,1,3H3. The van der Waals surface area contributed by atoms with Gasteiger partial charge >= 0.3 is 0 Å². The van der Waals surface area contributed by atoms with Gasteiger partial charge in [-0.25, -0.2) is 0 Å². The summed E-state index contributed by atoms with van der Waals surface area (Å²) in [6.07, 6.45) is 5.53. The third-order valence-electron chi connectivity index (χ3n) is 0.803. The summed E-state index contributed by atoms with van der Waals surface area (Å²) in [5.41, 5.74) is 1.01. The summed E-state index contributed by atoms with van der Waals surface area (Å²) >= 11 is 5.64. The summed E-state index contributed by atoms with van der Waals surface area (Å²) in [6.45, 7) is 7.51. The van der Waals surface area contributed by atoms with E-state index in [1.807, 2.05) is 32.1 Å². The Balaban J connectivity index is 3.86. The Hall–Kier alpha value is -0.490. The lowest BCUT2D eigenvalue weighted by Gasteiger charge is -1.84. The Morgan fingerprint density at radius 2 is 2.00 bits per heavy atom. The number of allylic oxidation sites excluding steroid dienone is 5. The van der Waals surface area contributed by atoms with Crippen LogP contribution in [-0.4, -0.2) is 0 Å². The average molecular weight is 143 g/mol. The molecule has 0 aliphatic carbocycles. The molecule has 0 spiro atoms. The first kappa shape index (κ1) is 8.51. The molecule has 1 heteroatoms. The van der Waals surface area contributed by atoms with Crippen molar-refractivity contribution >= 4 is 11.6 Å². The predicted octanol–water partition coefficient (Wildman–Crippen LogP) is 3.26.